The Labute approximate surface area is 202 Å². The molecule has 0 unspecified atom stereocenters. The van der Waals surface area contributed by atoms with Crippen LogP contribution in [0.1, 0.15) is 41.6 Å². The minimum absolute atomic E-state index is 0.141. The first-order chi connectivity index (χ1) is 16.4. The van der Waals surface area contributed by atoms with E-state index >= 15 is 0 Å². The second-order valence-electron chi connectivity index (χ2n) is 9.49. The molecule has 1 saturated carbocycles. The zero-order valence-electron chi connectivity index (χ0n) is 19.2. The lowest BCUT2D eigenvalue weighted by molar-refractivity contribution is 0.102. The number of amides is 1. The molecule has 7 heteroatoms. The van der Waals surface area contributed by atoms with Crippen LogP contribution in [0.5, 0.6) is 5.75 Å². The summed E-state index contributed by atoms with van der Waals surface area (Å²) in [7, 11) is -2.34. The van der Waals surface area contributed by atoms with Gasteiger partial charge in [-0.3, -0.25) is 13.9 Å². The monoisotopic (exact) mass is 480 g/mol. The summed E-state index contributed by atoms with van der Waals surface area (Å²) in [6, 6.07) is 19.9. The van der Waals surface area contributed by atoms with Gasteiger partial charge < -0.3 is 15.4 Å². The fourth-order valence-corrected chi connectivity index (χ4v) is 5.79. The van der Waals surface area contributed by atoms with E-state index in [0.29, 0.717) is 29.0 Å². The lowest BCUT2D eigenvalue weighted by atomic mass is 10.1. The molecule has 4 N–H and O–H groups in total. The van der Waals surface area contributed by atoms with E-state index in [1.807, 2.05) is 30.3 Å². The number of fused-ring (bicyclic) bond motifs is 1. The molecular weight excluding hydrogens is 448 g/mol. The fourth-order valence-electron chi connectivity index (χ4n) is 4.26. The second-order valence-corrected chi connectivity index (χ2v) is 11.9. The van der Waals surface area contributed by atoms with Crippen molar-refractivity contribution in [2.45, 2.75) is 38.3 Å². The highest BCUT2D eigenvalue weighted by Gasteiger charge is 2.23. The molecule has 0 aromatic heterocycles. The Morgan fingerprint density at radius 3 is 2.35 bits per heavy atom. The summed E-state index contributed by atoms with van der Waals surface area (Å²) in [6.07, 6.45) is 4.11. The number of benzene rings is 3. The SMILES string of the molecule is O=C(Nc1ccc2cc(CNC3CCS(O)(O)CC3)ccc2c1)c1ccc(OCC2CC2)cc1. The number of carbonyl (C=O) groups excluding carboxylic acids is 1. The summed E-state index contributed by atoms with van der Waals surface area (Å²) in [5.74, 6) is 2.35. The average molecular weight is 481 g/mol. The van der Waals surface area contributed by atoms with Gasteiger partial charge >= 0.3 is 0 Å². The van der Waals surface area contributed by atoms with Crippen LogP contribution < -0.4 is 15.4 Å². The Bertz CT molecular complexity index is 1150. The van der Waals surface area contributed by atoms with Gasteiger partial charge in [0.2, 0.25) is 0 Å². The van der Waals surface area contributed by atoms with Gasteiger partial charge in [0, 0.05) is 35.3 Å². The number of ether oxygens (including phenoxy) is 1. The average Bonchev–Trinajstić information content (AvgIpc) is 3.67. The molecule has 2 aliphatic rings. The van der Waals surface area contributed by atoms with Crippen molar-refractivity contribution in [3.05, 3.63) is 71.8 Å². The third-order valence-corrected chi connectivity index (χ3v) is 8.42. The molecule has 5 rings (SSSR count). The molecular formula is C27H32N2O4S. The van der Waals surface area contributed by atoms with Crippen LogP contribution in [0, 0.1) is 5.92 Å². The Morgan fingerprint density at radius 1 is 0.912 bits per heavy atom. The predicted octanol–water partition coefficient (Wildman–Crippen LogP) is 5.88. The smallest absolute Gasteiger partial charge is 0.255 e. The Morgan fingerprint density at radius 2 is 1.62 bits per heavy atom. The Hall–Kier alpha value is -2.58. The molecule has 1 aliphatic carbocycles. The lowest BCUT2D eigenvalue weighted by Crippen LogP contribution is -2.35. The number of hydrogen-bond donors (Lipinski definition) is 4. The first kappa shape index (κ1) is 23.2. The summed E-state index contributed by atoms with van der Waals surface area (Å²) in [4.78, 5) is 12.7. The second kappa shape index (κ2) is 9.96. The van der Waals surface area contributed by atoms with E-state index in [9.17, 15) is 13.9 Å². The van der Waals surface area contributed by atoms with Crippen molar-refractivity contribution >= 4 is 33.0 Å². The molecule has 3 aromatic carbocycles. The summed E-state index contributed by atoms with van der Waals surface area (Å²) >= 11 is 0. The molecule has 0 atom stereocenters. The highest BCUT2D eigenvalue weighted by molar-refractivity contribution is 8.24. The topological polar surface area (TPSA) is 90.8 Å². The number of carbonyl (C=O) groups is 1. The maximum atomic E-state index is 12.7. The zero-order valence-corrected chi connectivity index (χ0v) is 20.0. The van der Waals surface area contributed by atoms with Gasteiger partial charge in [0.15, 0.2) is 0 Å². The summed E-state index contributed by atoms with van der Waals surface area (Å²) < 4.78 is 25.3. The van der Waals surface area contributed by atoms with Gasteiger partial charge in [-0.15, -0.1) is 0 Å². The third kappa shape index (κ3) is 6.10. The quantitative estimate of drug-likeness (QED) is 0.323. The van der Waals surface area contributed by atoms with Gasteiger partial charge in [-0.05, 0) is 90.4 Å². The molecule has 1 aliphatic heterocycles. The maximum absolute atomic E-state index is 12.7. The van der Waals surface area contributed by atoms with Crippen LogP contribution in [-0.2, 0) is 6.54 Å². The maximum Gasteiger partial charge on any atom is 0.255 e. The first-order valence-electron chi connectivity index (χ1n) is 12.0. The van der Waals surface area contributed by atoms with Crippen LogP contribution in [0.25, 0.3) is 10.8 Å². The molecule has 0 bridgehead atoms. The van der Waals surface area contributed by atoms with E-state index < -0.39 is 10.6 Å². The van der Waals surface area contributed by atoms with Crippen molar-refractivity contribution in [1.82, 2.24) is 5.32 Å². The molecule has 0 radical (unpaired) electrons. The van der Waals surface area contributed by atoms with E-state index in [1.54, 1.807) is 12.1 Å². The molecule has 3 aromatic rings. The Kier molecular flexibility index (Phi) is 6.79. The fraction of sp³-hybridized carbons (Fsp3) is 0.370. The number of anilines is 1. The molecule has 6 nitrogen and oxygen atoms in total. The van der Waals surface area contributed by atoms with Crippen LogP contribution in [0.15, 0.2) is 60.7 Å². The number of rotatable bonds is 8. The largest absolute Gasteiger partial charge is 0.493 e. The summed E-state index contributed by atoms with van der Waals surface area (Å²) in [5.41, 5.74) is 2.55. The van der Waals surface area contributed by atoms with Crippen molar-refractivity contribution < 1.29 is 18.6 Å². The minimum atomic E-state index is -2.34. The standard InChI is InChI=1S/C27H32N2O4S/c30-27(21-6-9-26(10-7-21)33-18-19-1-2-19)29-25-8-5-22-15-20(3-4-23(22)16-25)17-28-24-11-13-34(31,32)14-12-24/h3-10,15-16,19,24,28,31-32H,1-2,11-14,17-18H2,(H,29,30). The van der Waals surface area contributed by atoms with Crippen molar-refractivity contribution in [2.24, 2.45) is 5.92 Å². The van der Waals surface area contributed by atoms with Crippen molar-refractivity contribution in [2.75, 3.05) is 23.4 Å². The van der Waals surface area contributed by atoms with Crippen LogP contribution in [-0.4, -0.2) is 39.2 Å². The van der Waals surface area contributed by atoms with Gasteiger partial charge in [-0.1, -0.05) is 18.2 Å². The van der Waals surface area contributed by atoms with Crippen LogP contribution in [0.3, 0.4) is 0 Å². The molecule has 0 spiro atoms. The number of hydrogen-bond acceptors (Lipinski definition) is 5. The third-order valence-electron chi connectivity index (χ3n) is 6.64. The van der Waals surface area contributed by atoms with Gasteiger partial charge in [0.05, 0.1) is 6.61 Å². The van der Waals surface area contributed by atoms with Gasteiger partial charge in [0.25, 0.3) is 5.91 Å². The van der Waals surface area contributed by atoms with Crippen LogP contribution >= 0.6 is 10.6 Å². The van der Waals surface area contributed by atoms with Gasteiger partial charge in [-0.2, -0.15) is 10.6 Å². The van der Waals surface area contributed by atoms with E-state index in [1.165, 1.54) is 18.4 Å². The van der Waals surface area contributed by atoms with E-state index in [-0.39, 0.29) is 5.91 Å². The molecule has 180 valence electrons. The predicted molar refractivity (Wildman–Crippen MR) is 139 cm³/mol. The normalized spacial score (nSPS) is 19.0. The lowest BCUT2D eigenvalue weighted by Gasteiger charge is -2.39. The molecule has 2 fully saturated rings. The highest BCUT2D eigenvalue weighted by Crippen LogP contribution is 2.43. The zero-order chi connectivity index (χ0) is 23.5. The highest BCUT2D eigenvalue weighted by atomic mass is 32.3. The minimum Gasteiger partial charge on any atom is -0.493 e. The number of nitrogens with one attached hydrogen (secondary N) is 2. The summed E-state index contributed by atoms with van der Waals surface area (Å²) in [5, 5.41) is 8.71. The van der Waals surface area contributed by atoms with Crippen LogP contribution in [0.4, 0.5) is 5.69 Å². The van der Waals surface area contributed by atoms with E-state index in [0.717, 1.165) is 48.2 Å². The molecule has 1 heterocycles. The van der Waals surface area contributed by atoms with Crippen molar-refractivity contribution in [3.63, 3.8) is 0 Å². The summed E-state index contributed by atoms with van der Waals surface area (Å²) in [6.45, 7) is 1.51. The van der Waals surface area contributed by atoms with E-state index in [4.69, 9.17) is 4.74 Å². The van der Waals surface area contributed by atoms with Crippen LogP contribution in [0.2, 0.25) is 0 Å². The van der Waals surface area contributed by atoms with E-state index in [2.05, 4.69) is 28.8 Å². The van der Waals surface area contributed by atoms with Gasteiger partial charge in [0.1, 0.15) is 5.75 Å². The molecule has 1 amide bonds. The first-order valence-corrected chi connectivity index (χ1v) is 13.9. The molecule has 34 heavy (non-hydrogen) atoms. The van der Waals surface area contributed by atoms with Crippen molar-refractivity contribution in [3.8, 4) is 5.75 Å². The van der Waals surface area contributed by atoms with Crippen molar-refractivity contribution in [1.29, 1.82) is 0 Å². The Balaban J connectivity index is 1.16. The van der Waals surface area contributed by atoms with Gasteiger partial charge in [-0.25, -0.2) is 0 Å². The molecule has 1 saturated heterocycles.